The summed E-state index contributed by atoms with van der Waals surface area (Å²) in [5.41, 5.74) is 2.26. The Morgan fingerprint density at radius 3 is 3.00 bits per heavy atom. The highest BCUT2D eigenvalue weighted by atomic mass is 35.5. The lowest BCUT2D eigenvalue weighted by Gasteiger charge is -2.10. The molecule has 9 heteroatoms. The standard InChI is InChI=1S/C16H16ClN5O2S/c1-3-22-15(24)13-11(7-9(2)19-13)21-16(22)25-8-12(23)20-10-5-4-6-18-14(10)17/h4-7,19H,3,8H2,1-2H3,(H,20,23). The third-order valence-electron chi connectivity index (χ3n) is 3.52. The first kappa shape index (κ1) is 17.5. The van der Waals surface area contributed by atoms with E-state index in [9.17, 15) is 9.59 Å². The molecule has 2 N–H and O–H groups in total. The maximum absolute atomic E-state index is 12.5. The van der Waals surface area contributed by atoms with E-state index in [1.165, 1.54) is 11.8 Å². The number of anilines is 1. The number of aryl methyl sites for hydroxylation is 1. The number of hydrogen-bond donors (Lipinski definition) is 2. The quantitative estimate of drug-likeness (QED) is 0.405. The van der Waals surface area contributed by atoms with E-state index in [1.807, 2.05) is 19.9 Å². The Bertz CT molecular complexity index is 998. The highest BCUT2D eigenvalue weighted by molar-refractivity contribution is 7.99. The number of fused-ring (bicyclic) bond motifs is 1. The molecule has 0 radical (unpaired) electrons. The Balaban J connectivity index is 1.79. The minimum atomic E-state index is -0.248. The number of halogens is 1. The number of nitrogens with one attached hydrogen (secondary N) is 2. The first-order valence-corrected chi connectivity index (χ1v) is 8.99. The van der Waals surface area contributed by atoms with Crippen LogP contribution in [0.2, 0.25) is 5.15 Å². The monoisotopic (exact) mass is 377 g/mol. The summed E-state index contributed by atoms with van der Waals surface area (Å²) in [6, 6.07) is 5.18. The van der Waals surface area contributed by atoms with Crippen LogP contribution in [0.5, 0.6) is 0 Å². The average Bonchev–Trinajstić information content (AvgIpc) is 2.96. The lowest BCUT2D eigenvalue weighted by atomic mass is 10.4. The molecule has 0 aliphatic heterocycles. The second-order valence-corrected chi connectivity index (χ2v) is 6.64. The number of rotatable bonds is 5. The number of carbonyl (C=O) groups excluding carboxylic acids is 1. The van der Waals surface area contributed by atoms with Gasteiger partial charge < -0.3 is 10.3 Å². The molecule has 0 aliphatic rings. The molecule has 3 heterocycles. The normalized spacial score (nSPS) is 11.0. The molecule has 0 atom stereocenters. The van der Waals surface area contributed by atoms with Crippen molar-refractivity contribution >= 4 is 46.0 Å². The number of aromatic nitrogens is 4. The summed E-state index contributed by atoms with van der Waals surface area (Å²) in [4.78, 5) is 36.1. The van der Waals surface area contributed by atoms with Crippen LogP contribution >= 0.6 is 23.4 Å². The zero-order chi connectivity index (χ0) is 18.0. The van der Waals surface area contributed by atoms with Gasteiger partial charge in [0.15, 0.2) is 10.3 Å². The van der Waals surface area contributed by atoms with Crippen LogP contribution in [0, 0.1) is 6.92 Å². The van der Waals surface area contributed by atoms with Gasteiger partial charge in [-0.1, -0.05) is 23.4 Å². The van der Waals surface area contributed by atoms with Gasteiger partial charge in [0.05, 0.1) is 17.0 Å². The van der Waals surface area contributed by atoms with E-state index in [0.717, 1.165) is 5.69 Å². The molecule has 0 aromatic carbocycles. The van der Waals surface area contributed by atoms with Crippen molar-refractivity contribution in [1.29, 1.82) is 0 Å². The molecule has 1 amide bonds. The highest BCUT2D eigenvalue weighted by Crippen LogP contribution is 2.20. The third-order valence-corrected chi connectivity index (χ3v) is 4.80. The Kier molecular flexibility index (Phi) is 5.10. The molecule has 3 aromatic heterocycles. The van der Waals surface area contributed by atoms with Crippen LogP contribution in [-0.4, -0.2) is 31.2 Å². The molecule has 130 valence electrons. The second kappa shape index (κ2) is 7.28. The fourth-order valence-electron chi connectivity index (χ4n) is 2.40. The minimum absolute atomic E-state index is 0.104. The highest BCUT2D eigenvalue weighted by Gasteiger charge is 2.14. The van der Waals surface area contributed by atoms with Crippen molar-refractivity contribution in [3.8, 4) is 0 Å². The maximum Gasteiger partial charge on any atom is 0.278 e. The van der Waals surface area contributed by atoms with Gasteiger partial charge in [-0.25, -0.2) is 9.97 Å². The Hall–Kier alpha value is -2.32. The van der Waals surface area contributed by atoms with Crippen LogP contribution in [0.3, 0.4) is 0 Å². The van der Waals surface area contributed by atoms with Gasteiger partial charge in [0.1, 0.15) is 5.52 Å². The molecular formula is C16H16ClN5O2S. The van der Waals surface area contributed by atoms with Crippen LogP contribution in [0.1, 0.15) is 12.6 Å². The van der Waals surface area contributed by atoms with Gasteiger partial charge in [0, 0.05) is 18.4 Å². The summed E-state index contributed by atoms with van der Waals surface area (Å²) in [5, 5.41) is 3.43. The first-order chi connectivity index (χ1) is 12.0. The molecule has 0 aliphatic carbocycles. The number of carbonyl (C=O) groups is 1. The zero-order valence-corrected chi connectivity index (χ0v) is 15.2. The summed E-state index contributed by atoms with van der Waals surface area (Å²) in [6.45, 7) is 4.21. The number of hydrogen-bond acceptors (Lipinski definition) is 5. The summed E-state index contributed by atoms with van der Waals surface area (Å²) in [5.74, 6) is -0.144. The molecule has 3 aromatic rings. The van der Waals surface area contributed by atoms with Crippen molar-refractivity contribution in [2.75, 3.05) is 11.1 Å². The Morgan fingerprint density at radius 2 is 2.28 bits per heavy atom. The lowest BCUT2D eigenvalue weighted by Crippen LogP contribution is -2.23. The summed E-state index contributed by atoms with van der Waals surface area (Å²) < 4.78 is 1.55. The number of amides is 1. The van der Waals surface area contributed by atoms with Crippen molar-refractivity contribution in [2.45, 2.75) is 25.5 Å². The maximum atomic E-state index is 12.5. The molecule has 0 saturated carbocycles. The van der Waals surface area contributed by atoms with Crippen LogP contribution < -0.4 is 10.9 Å². The van der Waals surface area contributed by atoms with Crippen molar-refractivity contribution in [3.05, 3.63) is 45.6 Å². The molecule has 0 unspecified atom stereocenters. The molecule has 0 saturated heterocycles. The topological polar surface area (TPSA) is 92.7 Å². The molecule has 0 fully saturated rings. The van der Waals surface area contributed by atoms with E-state index < -0.39 is 0 Å². The molecule has 0 bridgehead atoms. The molecule has 25 heavy (non-hydrogen) atoms. The zero-order valence-electron chi connectivity index (χ0n) is 13.7. The van der Waals surface area contributed by atoms with Gasteiger partial charge in [-0.2, -0.15) is 0 Å². The fraction of sp³-hybridized carbons (Fsp3) is 0.250. The summed E-state index contributed by atoms with van der Waals surface area (Å²) >= 11 is 7.13. The Labute approximate surface area is 152 Å². The van der Waals surface area contributed by atoms with Gasteiger partial charge in [0.25, 0.3) is 5.56 Å². The predicted octanol–water partition coefficient (Wildman–Crippen LogP) is 2.83. The smallest absolute Gasteiger partial charge is 0.278 e. The van der Waals surface area contributed by atoms with E-state index >= 15 is 0 Å². The SMILES string of the molecule is CCn1c(SCC(=O)Nc2cccnc2Cl)nc2cc(C)[nH]c2c1=O. The van der Waals surface area contributed by atoms with E-state index in [2.05, 4.69) is 20.3 Å². The van der Waals surface area contributed by atoms with Crippen molar-refractivity contribution in [1.82, 2.24) is 19.5 Å². The number of pyridine rings is 1. The Morgan fingerprint density at radius 1 is 1.48 bits per heavy atom. The van der Waals surface area contributed by atoms with Gasteiger partial charge >= 0.3 is 0 Å². The van der Waals surface area contributed by atoms with Crippen molar-refractivity contribution in [3.63, 3.8) is 0 Å². The van der Waals surface area contributed by atoms with Crippen LogP contribution in [-0.2, 0) is 11.3 Å². The number of thioether (sulfide) groups is 1. The lowest BCUT2D eigenvalue weighted by molar-refractivity contribution is -0.113. The predicted molar refractivity (Wildman–Crippen MR) is 99.4 cm³/mol. The van der Waals surface area contributed by atoms with Crippen LogP contribution in [0.25, 0.3) is 11.0 Å². The minimum Gasteiger partial charge on any atom is -0.353 e. The van der Waals surface area contributed by atoms with E-state index in [1.54, 1.807) is 22.9 Å². The average molecular weight is 378 g/mol. The van der Waals surface area contributed by atoms with Gasteiger partial charge in [-0.15, -0.1) is 0 Å². The molecule has 7 nitrogen and oxygen atoms in total. The largest absolute Gasteiger partial charge is 0.353 e. The van der Waals surface area contributed by atoms with Gasteiger partial charge in [0.2, 0.25) is 5.91 Å². The number of H-pyrrole nitrogens is 1. The van der Waals surface area contributed by atoms with E-state index in [4.69, 9.17) is 11.6 Å². The van der Waals surface area contributed by atoms with Crippen molar-refractivity contribution in [2.24, 2.45) is 0 Å². The summed E-state index contributed by atoms with van der Waals surface area (Å²) in [6.07, 6.45) is 1.55. The van der Waals surface area contributed by atoms with Crippen LogP contribution in [0.15, 0.2) is 34.3 Å². The number of aromatic amines is 1. The fourth-order valence-corrected chi connectivity index (χ4v) is 3.43. The number of nitrogens with zero attached hydrogens (tertiary/aromatic N) is 3. The van der Waals surface area contributed by atoms with Gasteiger partial charge in [-0.3, -0.25) is 14.2 Å². The van der Waals surface area contributed by atoms with E-state index in [0.29, 0.717) is 28.4 Å². The third kappa shape index (κ3) is 3.69. The van der Waals surface area contributed by atoms with Crippen LogP contribution in [0.4, 0.5) is 5.69 Å². The second-order valence-electron chi connectivity index (χ2n) is 5.34. The first-order valence-electron chi connectivity index (χ1n) is 7.63. The van der Waals surface area contributed by atoms with E-state index in [-0.39, 0.29) is 22.4 Å². The summed E-state index contributed by atoms with van der Waals surface area (Å²) in [7, 11) is 0. The molecule has 0 spiro atoms. The molecule has 3 rings (SSSR count). The molecular weight excluding hydrogens is 362 g/mol. The van der Waals surface area contributed by atoms with Crippen molar-refractivity contribution < 1.29 is 4.79 Å². The van der Waals surface area contributed by atoms with Gasteiger partial charge in [-0.05, 0) is 32.0 Å².